The van der Waals surface area contributed by atoms with Crippen molar-refractivity contribution in [2.24, 2.45) is 0 Å². The zero-order valence-corrected chi connectivity index (χ0v) is 10.8. The van der Waals surface area contributed by atoms with Gasteiger partial charge in [-0.1, -0.05) is 35.0 Å². The first-order valence-electron chi connectivity index (χ1n) is 3.16. The molecule has 1 aromatic rings. The first-order chi connectivity index (χ1) is 5.04. The van der Waals surface area contributed by atoms with E-state index in [1.165, 1.54) is 0 Å². The van der Waals surface area contributed by atoms with Crippen molar-refractivity contribution in [2.45, 2.75) is 13.8 Å². The summed E-state index contributed by atoms with van der Waals surface area (Å²) in [6, 6.07) is 1.80. The van der Waals surface area contributed by atoms with Crippen molar-refractivity contribution in [1.29, 1.82) is 0 Å². The van der Waals surface area contributed by atoms with E-state index in [0.717, 1.165) is 11.1 Å². The Morgan fingerprint density at radius 3 is 1.75 bits per heavy atom. The van der Waals surface area contributed by atoms with Crippen molar-refractivity contribution in [1.82, 2.24) is 0 Å². The van der Waals surface area contributed by atoms with E-state index in [4.69, 9.17) is 23.2 Å². The molecule has 60 valence electrons. The smallest absolute Gasteiger partial charge is 0.870 e. The SMILES string of the molecule is Cc1cc(C)c(Cl)c([O-])c1Cl.[Na+]. The Balaban J connectivity index is 0.00000121. The van der Waals surface area contributed by atoms with E-state index in [1.807, 2.05) is 0 Å². The summed E-state index contributed by atoms with van der Waals surface area (Å²) in [7, 11) is 0. The zero-order valence-electron chi connectivity index (χ0n) is 7.24. The number of hydrogen-bond donors (Lipinski definition) is 0. The second-order valence-electron chi connectivity index (χ2n) is 2.47. The molecule has 0 spiro atoms. The van der Waals surface area contributed by atoms with Crippen LogP contribution in [-0.2, 0) is 0 Å². The fourth-order valence-electron chi connectivity index (χ4n) is 0.906. The fourth-order valence-corrected chi connectivity index (χ4v) is 1.25. The van der Waals surface area contributed by atoms with Crippen LogP contribution in [0.1, 0.15) is 11.1 Å². The third-order valence-corrected chi connectivity index (χ3v) is 2.46. The van der Waals surface area contributed by atoms with Gasteiger partial charge in [-0.15, -0.1) is 0 Å². The Morgan fingerprint density at radius 1 is 1.08 bits per heavy atom. The van der Waals surface area contributed by atoms with Gasteiger partial charge in [0.15, 0.2) is 0 Å². The van der Waals surface area contributed by atoms with Gasteiger partial charge < -0.3 is 5.11 Å². The Kier molecular flexibility index (Phi) is 4.97. The molecular weight excluding hydrogens is 206 g/mol. The second-order valence-corrected chi connectivity index (χ2v) is 3.22. The first-order valence-corrected chi connectivity index (χ1v) is 3.92. The maximum atomic E-state index is 11.1. The zero-order chi connectivity index (χ0) is 8.59. The molecule has 0 unspecified atom stereocenters. The summed E-state index contributed by atoms with van der Waals surface area (Å²) in [5.41, 5.74) is 1.55. The van der Waals surface area contributed by atoms with Crippen LogP contribution in [0.2, 0.25) is 10.0 Å². The normalized spacial score (nSPS) is 9.33. The van der Waals surface area contributed by atoms with Crippen LogP contribution >= 0.6 is 23.2 Å². The summed E-state index contributed by atoms with van der Waals surface area (Å²) in [5.74, 6) is -0.272. The van der Waals surface area contributed by atoms with Gasteiger partial charge in [-0.25, -0.2) is 0 Å². The van der Waals surface area contributed by atoms with Gasteiger partial charge in [0.1, 0.15) is 0 Å². The minimum atomic E-state index is -0.272. The van der Waals surface area contributed by atoms with Gasteiger partial charge in [-0.2, -0.15) is 0 Å². The molecular formula is C8H7Cl2NaO. The van der Waals surface area contributed by atoms with Crippen LogP contribution in [0, 0.1) is 13.8 Å². The number of halogens is 2. The van der Waals surface area contributed by atoms with E-state index in [2.05, 4.69) is 0 Å². The summed E-state index contributed by atoms with van der Waals surface area (Å²) in [6.07, 6.45) is 0. The Hall–Kier alpha value is 0.600. The molecule has 0 aliphatic carbocycles. The molecule has 0 aromatic heterocycles. The Morgan fingerprint density at radius 2 is 1.42 bits per heavy atom. The maximum Gasteiger partial charge on any atom is 1.00 e. The van der Waals surface area contributed by atoms with Gasteiger partial charge in [0.2, 0.25) is 0 Å². The largest absolute Gasteiger partial charge is 1.00 e. The van der Waals surface area contributed by atoms with Crippen LogP contribution in [0.5, 0.6) is 5.75 Å². The van der Waals surface area contributed by atoms with Gasteiger partial charge in [0.05, 0.1) is 0 Å². The molecule has 1 aromatic carbocycles. The summed E-state index contributed by atoms with van der Waals surface area (Å²) >= 11 is 11.3. The average Bonchev–Trinajstić information content (AvgIpc) is 1.97. The van der Waals surface area contributed by atoms with Crippen molar-refractivity contribution in [2.75, 3.05) is 0 Å². The number of benzene rings is 1. The number of rotatable bonds is 0. The third kappa shape index (κ3) is 2.30. The molecule has 0 saturated heterocycles. The minimum Gasteiger partial charge on any atom is -0.870 e. The van der Waals surface area contributed by atoms with Gasteiger partial charge in [0, 0.05) is 10.0 Å². The third-order valence-electron chi connectivity index (χ3n) is 1.52. The van der Waals surface area contributed by atoms with Crippen LogP contribution in [-0.4, -0.2) is 0 Å². The molecule has 1 nitrogen and oxygen atoms in total. The predicted octanol–water partition coefficient (Wildman–Crippen LogP) is -0.312. The van der Waals surface area contributed by atoms with E-state index in [9.17, 15) is 5.11 Å². The van der Waals surface area contributed by atoms with Crippen LogP contribution in [0.3, 0.4) is 0 Å². The summed E-state index contributed by atoms with van der Waals surface area (Å²) in [5, 5.41) is 11.6. The van der Waals surface area contributed by atoms with E-state index in [0.29, 0.717) is 0 Å². The Labute approximate surface area is 104 Å². The van der Waals surface area contributed by atoms with Crippen molar-refractivity contribution < 1.29 is 34.7 Å². The number of hydrogen-bond acceptors (Lipinski definition) is 1. The molecule has 4 heteroatoms. The van der Waals surface area contributed by atoms with Crippen LogP contribution < -0.4 is 34.7 Å². The average molecular weight is 213 g/mol. The summed E-state index contributed by atoms with van der Waals surface area (Å²) in [6.45, 7) is 3.57. The van der Waals surface area contributed by atoms with Crippen molar-refractivity contribution in [3.63, 3.8) is 0 Å². The monoisotopic (exact) mass is 212 g/mol. The Bertz CT molecular complexity index is 273. The molecule has 0 aliphatic rings. The molecule has 0 bridgehead atoms. The summed E-state index contributed by atoms with van der Waals surface area (Å²) < 4.78 is 0. The summed E-state index contributed by atoms with van der Waals surface area (Å²) in [4.78, 5) is 0. The van der Waals surface area contributed by atoms with Gasteiger partial charge in [-0.05, 0) is 25.0 Å². The molecule has 0 saturated carbocycles. The van der Waals surface area contributed by atoms with Gasteiger partial charge >= 0.3 is 29.6 Å². The maximum absolute atomic E-state index is 11.1. The van der Waals surface area contributed by atoms with E-state index in [1.54, 1.807) is 19.9 Å². The molecule has 0 aliphatic heterocycles. The van der Waals surface area contributed by atoms with Gasteiger partial charge in [0.25, 0.3) is 0 Å². The molecule has 0 atom stereocenters. The quantitative estimate of drug-likeness (QED) is 0.542. The van der Waals surface area contributed by atoms with Crippen LogP contribution in [0.25, 0.3) is 0 Å². The fraction of sp³-hybridized carbons (Fsp3) is 0.250. The van der Waals surface area contributed by atoms with Crippen molar-refractivity contribution in [3.8, 4) is 5.75 Å². The minimum absolute atomic E-state index is 0. The second kappa shape index (κ2) is 4.73. The standard InChI is InChI=1S/C8H8Cl2O.Na/c1-4-3-5(2)7(10)8(11)6(4)9;/h3,11H,1-2H3;/q;+1/p-1. The molecule has 0 N–H and O–H groups in total. The van der Waals surface area contributed by atoms with E-state index >= 15 is 0 Å². The molecule has 0 fully saturated rings. The van der Waals surface area contributed by atoms with Crippen molar-refractivity contribution >= 4 is 23.2 Å². The molecule has 12 heavy (non-hydrogen) atoms. The molecule has 0 heterocycles. The molecule has 0 radical (unpaired) electrons. The topological polar surface area (TPSA) is 23.1 Å². The van der Waals surface area contributed by atoms with Gasteiger partial charge in [-0.3, -0.25) is 0 Å². The number of aryl methyl sites for hydroxylation is 2. The van der Waals surface area contributed by atoms with Crippen LogP contribution in [0.15, 0.2) is 6.07 Å². The van der Waals surface area contributed by atoms with E-state index in [-0.39, 0.29) is 45.4 Å². The molecule has 1 rings (SSSR count). The van der Waals surface area contributed by atoms with Crippen LogP contribution in [0.4, 0.5) is 0 Å². The molecule has 0 amide bonds. The first kappa shape index (κ1) is 12.6. The van der Waals surface area contributed by atoms with E-state index < -0.39 is 0 Å². The van der Waals surface area contributed by atoms with Crippen molar-refractivity contribution in [3.05, 3.63) is 27.2 Å². The predicted molar refractivity (Wildman–Crippen MR) is 45.4 cm³/mol.